The molecule has 0 fully saturated rings. The van der Waals surface area contributed by atoms with E-state index in [4.69, 9.17) is 5.84 Å². The van der Waals surface area contributed by atoms with Crippen LogP contribution in [0.4, 0.5) is 11.6 Å². The first kappa shape index (κ1) is 15.7. The van der Waals surface area contributed by atoms with Crippen LogP contribution in [0.5, 0.6) is 0 Å². The van der Waals surface area contributed by atoms with Gasteiger partial charge in [-0.05, 0) is 20.4 Å². The fourth-order valence-electron chi connectivity index (χ4n) is 1.71. The van der Waals surface area contributed by atoms with Gasteiger partial charge in [-0.25, -0.2) is 15.8 Å². The summed E-state index contributed by atoms with van der Waals surface area (Å²) in [5.41, 5.74) is 2.57. The molecular formula is C13H26N6. The van der Waals surface area contributed by atoms with Crippen molar-refractivity contribution in [2.75, 3.05) is 30.9 Å². The van der Waals surface area contributed by atoms with Crippen LogP contribution in [-0.4, -0.2) is 41.0 Å². The van der Waals surface area contributed by atoms with Gasteiger partial charge in [-0.1, -0.05) is 13.8 Å². The molecule has 0 aliphatic carbocycles. The Balaban J connectivity index is 2.53. The zero-order valence-electron chi connectivity index (χ0n) is 12.4. The van der Waals surface area contributed by atoms with Crippen LogP contribution in [0.3, 0.4) is 0 Å². The molecule has 19 heavy (non-hydrogen) atoms. The van der Waals surface area contributed by atoms with E-state index in [0.29, 0.717) is 11.9 Å². The number of aryl methyl sites for hydroxylation is 1. The summed E-state index contributed by atoms with van der Waals surface area (Å²) in [6.45, 7) is 8.29. The fraction of sp³-hybridized carbons (Fsp3) is 0.692. The number of hydrazine groups is 1. The molecule has 0 radical (unpaired) electrons. The summed E-state index contributed by atoms with van der Waals surface area (Å²) >= 11 is 0. The first-order valence-electron chi connectivity index (χ1n) is 6.89. The van der Waals surface area contributed by atoms with E-state index >= 15 is 0 Å². The molecule has 0 aliphatic rings. The SMILES string of the molecule is CCc1nc(NN)cc(NCCN(C)C(C)CC)n1. The van der Waals surface area contributed by atoms with Gasteiger partial charge >= 0.3 is 0 Å². The highest BCUT2D eigenvalue weighted by molar-refractivity contribution is 5.46. The minimum absolute atomic E-state index is 0.597. The third kappa shape index (κ3) is 5.00. The number of anilines is 2. The summed E-state index contributed by atoms with van der Waals surface area (Å²) in [6.07, 6.45) is 1.95. The van der Waals surface area contributed by atoms with Gasteiger partial charge in [0.2, 0.25) is 0 Å². The van der Waals surface area contributed by atoms with Gasteiger partial charge in [0.05, 0.1) is 0 Å². The van der Waals surface area contributed by atoms with E-state index in [0.717, 1.165) is 37.6 Å². The Kier molecular flexibility index (Phi) is 6.52. The minimum atomic E-state index is 0.597. The molecule has 1 unspecified atom stereocenters. The van der Waals surface area contributed by atoms with Gasteiger partial charge in [0.15, 0.2) is 0 Å². The molecule has 0 amide bonds. The third-order valence-electron chi connectivity index (χ3n) is 3.35. The van der Waals surface area contributed by atoms with Gasteiger partial charge in [-0.3, -0.25) is 0 Å². The van der Waals surface area contributed by atoms with Gasteiger partial charge in [-0.15, -0.1) is 0 Å². The van der Waals surface area contributed by atoms with Crippen LogP contribution in [0.25, 0.3) is 0 Å². The Labute approximate surface area is 115 Å². The largest absolute Gasteiger partial charge is 0.369 e. The molecule has 1 aromatic heterocycles. The summed E-state index contributed by atoms with van der Waals surface area (Å²) in [5, 5.41) is 3.32. The van der Waals surface area contributed by atoms with E-state index in [2.05, 4.69) is 46.5 Å². The van der Waals surface area contributed by atoms with Crippen molar-refractivity contribution in [3.63, 3.8) is 0 Å². The van der Waals surface area contributed by atoms with Gasteiger partial charge in [0.1, 0.15) is 17.5 Å². The van der Waals surface area contributed by atoms with Crippen LogP contribution < -0.4 is 16.6 Å². The molecule has 1 aromatic rings. The van der Waals surface area contributed by atoms with Crippen molar-refractivity contribution in [3.05, 3.63) is 11.9 Å². The number of nitrogens with one attached hydrogen (secondary N) is 2. The highest BCUT2D eigenvalue weighted by Gasteiger charge is 2.06. The standard InChI is InChI=1S/C13H26N6/c1-5-10(3)19(4)8-7-15-12-9-13(18-14)17-11(6-2)16-12/h9-10H,5-8,14H2,1-4H3,(H2,15,16,17,18). The molecule has 6 heteroatoms. The number of nitrogens with zero attached hydrogens (tertiary/aromatic N) is 3. The number of aromatic nitrogens is 2. The molecule has 1 atom stereocenters. The van der Waals surface area contributed by atoms with E-state index in [1.54, 1.807) is 0 Å². The Hall–Kier alpha value is -1.40. The van der Waals surface area contributed by atoms with Gasteiger partial charge in [0.25, 0.3) is 0 Å². The van der Waals surface area contributed by atoms with Crippen molar-refractivity contribution < 1.29 is 0 Å². The molecule has 108 valence electrons. The zero-order valence-corrected chi connectivity index (χ0v) is 12.4. The number of hydrogen-bond acceptors (Lipinski definition) is 6. The normalized spacial score (nSPS) is 12.5. The Morgan fingerprint density at radius 2 is 2.00 bits per heavy atom. The van der Waals surface area contributed by atoms with E-state index in [9.17, 15) is 0 Å². The topological polar surface area (TPSA) is 79.1 Å². The maximum atomic E-state index is 5.40. The lowest BCUT2D eigenvalue weighted by Crippen LogP contribution is -2.32. The van der Waals surface area contributed by atoms with Crippen LogP contribution in [0.1, 0.15) is 33.0 Å². The van der Waals surface area contributed by atoms with Crippen molar-refractivity contribution in [2.45, 2.75) is 39.7 Å². The second kappa shape index (κ2) is 7.91. The van der Waals surface area contributed by atoms with Crippen LogP contribution in [0, 0.1) is 0 Å². The second-order valence-corrected chi connectivity index (χ2v) is 4.72. The van der Waals surface area contributed by atoms with Crippen molar-refractivity contribution in [3.8, 4) is 0 Å². The number of hydrogen-bond donors (Lipinski definition) is 3. The highest BCUT2D eigenvalue weighted by atomic mass is 15.3. The van der Waals surface area contributed by atoms with Crippen molar-refractivity contribution in [2.24, 2.45) is 5.84 Å². The minimum Gasteiger partial charge on any atom is -0.369 e. The smallest absolute Gasteiger partial charge is 0.145 e. The van der Waals surface area contributed by atoms with Crippen LogP contribution >= 0.6 is 0 Å². The molecule has 0 saturated carbocycles. The van der Waals surface area contributed by atoms with Crippen LogP contribution in [-0.2, 0) is 6.42 Å². The molecule has 0 aliphatic heterocycles. The Bertz CT molecular complexity index is 359. The monoisotopic (exact) mass is 266 g/mol. The van der Waals surface area contributed by atoms with E-state index in [1.807, 2.05) is 13.0 Å². The summed E-state index contributed by atoms with van der Waals surface area (Å²) in [7, 11) is 2.14. The lowest BCUT2D eigenvalue weighted by Gasteiger charge is -2.23. The lowest BCUT2D eigenvalue weighted by atomic mass is 10.2. The maximum absolute atomic E-state index is 5.40. The predicted octanol–water partition coefficient (Wildman–Crippen LogP) is 1.47. The van der Waals surface area contributed by atoms with Gasteiger partial charge in [-0.2, -0.15) is 0 Å². The van der Waals surface area contributed by atoms with Crippen LogP contribution in [0.15, 0.2) is 6.07 Å². The Morgan fingerprint density at radius 3 is 2.58 bits per heavy atom. The van der Waals surface area contributed by atoms with Crippen molar-refractivity contribution >= 4 is 11.6 Å². The van der Waals surface area contributed by atoms with Crippen LogP contribution in [0.2, 0.25) is 0 Å². The number of likely N-dealkylation sites (N-methyl/N-ethyl adjacent to an activating group) is 1. The maximum Gasteiger partial charge on any atom is 0.145 e. The summed E-state index contributed by atoms with van der Waals surface area (Å²) in [4.78, 5) is 11.0. The van der Waals surface area contributed by atoms with E-state index in [-0.39, 0.29) is 0 Å². The first-order valence-corrected chi connectivity index (χ1v) is 6.89. The predicted molar refractivity (Wildman–Crippen MR) is 80.1 cm³/mol. The zero-order chi connectivity index (χ0) is 14.3. The summed E-state index contributed by atoms with van der Waals surface area (Å²) in [6, 6.07) is 2.42. The van der Waals surface area contributed by atoms with Gasteiger partial charge < -0.3 is 15.6 Å². The summed E-state index contributed by atoms with van der Waals surface area (Å²) in [5.74, 6) is 7.65. The molecule has 0 saturated heterocycles. The van der Waals surface area contributed by atoms with Crippen molar-refractivity contribution in [1.29, 1.82) is 0 Å². The average molecular weight is 266 g/mol. The second-order valence-electron chi connectivity index (χ2n) is 4.72. The molecule has 1 rings (SSSR count). The summed E-state index contributed by atoms with van der Waals surface area (Å²) < 4.78 is 0. The number of rotatable bonds is 8. The van der Waals surface area contributed by atoms with Crippen molar-refractivity contribution in [1.82, 2.24) is 14.9 Å². The fourth-order valence-corrected chi connectivity index (χ4v) is 1.71. The Morgan fingerprint density at radius 1 is 1.32 bits per heavy atom. The third-order valence-corrected chi connectivity index (χ3v) is 3.35. The molecule has 0 aromatic carbocycles. The molecule has 0 spiro atoms. The molecule has 4 N–H and O–H groups in total. The first-order chi connectivity index (χ1) is 9.10. The number of nitrogens with two attached hydrogens (primary N) is 1. The van der Waals surface area contributed by atoms with E-state index in [1.165, 1.54) is 0 Å². The highest BCUT2D eigenvalue weighted by Crippen LogP contribution is 2.10. The lowest BCUT2D eigenvalue weighted by molar-refractivity contribution is 0.261. The average Bonchev–Trinajstić information content (AvgIpc) is 2.45. The molecular weight excluding hydrogens is 240 g/mol. The molecule has 1 heterocycles. The number of nitrogen functional groups attached to an aromatic ring is 1. The molecule has 6 nitrogen and oxygen atoms in total. The van der Waals surface area contributed by atoms with E-state index < -0.39 is 0 Å². The van der Waals surface area contributed by atoms with Gasteiger partial charge in [0, 0.05) is 31.6 Å². The quantitative estimate of drug-likeness (QED) is 0.488. The molecule has 0 bridgehead atoms.